The zero-order valence-electron chi connectivity index (χ0n) is 7.82. The smallest absolute Gasteiger partial charge is 0.0880 e. The van der Waals surface area contributed by atoms with Gasteiger partial charge in [-0.05, 0) is 6.92 Å². The average Bonchev–Trinajstić information content (AvgIpc) is 2.16. The maximum absolute atomic E-state index is 5.33. The van der Waals surface area contributed by atoms with Crippen molar-refractivity contribution in [1.29, 1.82) is 0 Å². The second kappa shape index (κ2) is 4.86. The topological polar surface area (TPSA) is 73.1 Å². The molecule has 0 aliphatic heterocycles. The van der Waals surface area contributed by atoms with E-state index in [0.717, 1.165) is 11.4 Å². The van der Waals surface area contributed by atoms with Crippen molar-refractivity contribution in [2.24, 2.45) is 5.84 Å². The van der Waals surface area contributed by atoms with Crippen LogP contribution in [0.25, 0.3) is 0 Å². The van der Waals surface area contributed by atoms with Crippen LogP contribution in [0.3, 0.4) is 0 Å². The van der Waals surface area contributed by atoms with E-state index < -0.39 is 0 Å². The first-order chi connectivity index (χ1) is 6.27. The van der Waals surface area contributed by atoms with Gasteiger partial charge in [-0.3, -0.25) is 15.8 Å². The summed E-state index contributed by atoms with van der Waals surface area (Å²) in [5.74, 6) is 5.33. The number of nitrogens with one attached hydrogen (secondary N) is 1. The van der Waals surface area contributed by atoms with Gasteiger partial charge in [-0.1, -0.05) is 0 Å². The molecule has 0 bridgehead atoms. The van der Waals surface area contributed by atoms with E-state index in [4.69, 9.17) is 10.6 Å². The number of hydrogen-bond donors (Lipinski definition) is 2. The van der Waals surface area contributed by atoms with Gasteiger partial charge in [-0.25, -0.2) is 5.43 Å². The first-order valence-corrected chi connectivity index (χ1v) is 4.01. The lowest BCUT2D eigenvalue weighted by Crippen LogP contribution is -2.31. The van der Waals surface area contributed by atoms with Gasteiger partial charge in [0.1, 0.15) is 0 Å². The number of nitrogens with two attached hydrogens (primary N) is 1. The Morgan fingerprint density at radius 2 is 2.31 bits per heavy atom. The molecule has 0 amide bonds. The molecule has 13 heavy (non-hydrogen) atoms. The van der Waals surface area contributed by atoms with E-state index in [0.29, 0.717) is 6.61 Å². The number of hydrogen-bond acceptors (Lipinski definition) is 5. The molecule has 0 aliphatic carbocycles. The Labute approximate surface area is 77.3 Å². The van der Waals surface area contributed by atoms with E-state index in [2.05, 4.69) is 15.4 Å². The zero-order chi connectivity index (χ0) is 9.68. The molecule has 1 aromatic rings. The third-order valence-corrected chi connectivity index (χ3v) is 1.69. The van der Waals surface area contributed by atoms with Gasteiger partial charge >= 0.3 is 0 Å². The lowest BCUT2D eigenvalue weighted by Gasteiger charge is -2.13. The van der Waals surface area contributed by atoms with Crippen LogP contribution in [0.1, 0.15) is 17.4 Å². The first-order valence-electron chi connectivity index (χ1n) is 4.01. The minimum Gasteiger partial charge on any atom is -0.383 e. The Kier molecular flexibility index (Phi) is 3.75. The molecule has 5 nitrogen and oxygen atoms in total. The third kappa shape index (κ3) is 2.73. The Hall–Kier alpha value is -1.04. The Morgan fingerprint density at radius 1 is 1.54 bits per heavy atom. The van der Waals surface area contributed by atoms with Crippen LogP contribution < -0.4 is 11.3 Å². The van der Waals surface area contributed by atoms with Gasteiger partial charge in [-0.15, -0.1) is 0 Å². The predicted octanol–water partition coefficient (Wildman–Crippen LogP) is -0.0642. The van der Waals surface area contributed by atoms with Crippen LogP contribution in [-0.2, 0) is 4.74 Å². The number of nitrogens with zero attached hydrogens (tertiary/aromatic N) is 2. The van der Waals surface area contributed by atoms with Gasteiger partial charge in [-0.2, -0.15) is 0 Å². The lowest BCUT2D eigenvalue weighted by atomic mass is 10.2. The minimum atomic E-state index is -0.0990. The molecule has 1 unspecified atom stereocenters. The summed E-state index contributed by atoms with van der Waals surface area (Å²) in [6.45, 7) is 2.37. The van der Waals surface area contributed by atoms with Crippen LogP contribution in [0.5, 0.6) is 0 Å². The molecule has 1 atom stereocenters. The average molecular weight is 182 g/mol. The number of rotatable bonds is 4. The molecule has 0 saturated carbocycles. The van der Waals surface area contributed by atoms with Crippen molar-refractivity contribution >= 4 is 0 Å². The van der Waals surface area contributed by atoms with Crippen LogP contribution >= 0.6 is 0 Å². The van der Waals surface area contributed by atoms with Crippen molar-refractivity contribution in [1.82, 2.24) is 15.4 Å². The van der Waals surface area contributed by atoms with Crippen molar-refractivity contribution in [3.8, 4) is 0 Å². The van der Waals surface area contributed by atoms with E-state index in [1.165, 1.54) is 0 Å². The van der Waals surface area contributed by atoms with Crippen molar-refractivity contribution in [3.63, 3.8) is 0 Å². The van der Waals surface area contributed by atoms with Gasteiger partial charge < -0.3 is 4.74 Å². The number of aromatic nitrogens is 2. The number of hydrazine groups is 1. The van der Waals surface area contributed by atoms with Crippen LogP contribution in [0.2, 0.25) is 0 Å². The summed E-state index contributed by atoms with van der Waals surface area (Å²) in [6.07, 6.45) is 3.40. The number of ether oxygens (including phenoxy) is 1. The summed E-state index contributed by atoms with van der Waals surface area (Å²) < 4.78 is 4.97. The highest BCUT2D eigenvalue weighted by molar-refractivity contribution is 5.05. The Balaban J connectivity index is 2.73. The van der Waals surface area contributed by atoms with E-state index in [-0.39, 0.29) is 6.04 Å². The summed E-state index contributed by atoms with van der Waals surface area (Å²) in [5.41, 5.74) is 4.28. The van der Waals surface area contributed by atoms with Gasteiger partial charge in [0.15, 0.2) is 0 Å². The normalized spacial score (nSPS) is 12.8. The number of aryl methyl sites for hydroxylation is 1. The molecule has 1 aromatic heterocycles. The second-order valence-electron chi connectivity index (χ2n) is 2.76. The standard InChI is InChI=1S/C8H14N4O/c1-6-3-11-7(4-10-6)8(12-9)5-13-2/h3-4,8,12H,5,9H2,1-2H3. The fourth-order valence-electron chi connectivity index (χ4n) is 0.968. The molecule has 3 N–H and O–H groups in total. The zero-order valence-corrected chi connectivity index (χ0v) is 7.82. The monoisotopic (exact) mass is 182 g/mol. The molecular formula is C8H14N4O. The highest BCUT2D eigenvalue weighted by Gasteiger charge is 2.10. The lowest BCUT2D eigenvalue weighted by molar-refractivity contribution is 0.165. The summed E-state index contributed by atoms with van der Waals surface area (Å²) >= 11 is 0. The first kappa shape index (κ1) is 10.0. The van der Waals surface area contributed by atoms with Gasteiger partial charge in [0, 0.05) is 13.3 Å². The predicted molar refractivity (Wildman–Crippen MR) is 48.7 cm³/mol. The van der Waals surface area contributed by atoms with E-state index in [1.807, 2.05) is 6.92 Å². The Bertz CT molecular complexity index is 249. The third-order valence-electron chi connectivity index (χ3n) is 1.69. The molecule has 5 heteroatoms. The molecule has 0 saturated heterocycles. The molecular weight excluding hydrogens is 168 g/mol. The molecule has 0 radical (unpaired) electrons. The van der Waals surface area contributed by atoms with E-state index in [1.54, 1.807) is 19.5 Å². The fraction of sp³-hybridized carbons (Fsp3) is 0.500. The molecule has 0 aromatic carbocycles. The van der Waals surface area contributed by atoms with Crippen LogP contribution in [-0.4, -0.2) is 23.7 Å². The quantitative estimate of drug-likeness (QED) is 0.504. The Morgan fingerprint density at radius 3 is 2.77 bits per heavy atom. The van der Waals surface area contributed by atoms with Crippen LogP contribution in [0.15, 0.2) is 12.4 Å². The van der Waals surface area contributed by atoms with Gasteiger partial charge in [0.05, 0.1) is 30.2 Å². The van der Waals surface area contributed by atoms with E-state index in [9.17, 15) is 0 Å². The maximum atomic E-state index is 5.33. The largest absolute Gasteiger partial charge is 0.383 e. The molecule has 0 aliphatic rings. The van der Waals surface area contributed by atoms with Crippen molar-refractivity contribution < 1.29 is 4.74 Å². The molecule has 1 rings (SSSR count). The summed E-state index contributed by atoms with van der Waals surface area (Å²) in [4.78, 5) is 8.30. The highest BCUT2D eigenvalue weighted by atomic mass is 16.5. The van der Waals surface area contributed by atoms with Crippen LogP contribution in [0.4, 0.5) is 0 Å². The fourth-order valence-corrected chi connectivity index (χ4v) is 0.968. The summed E-state index contributed by atoms with van der Waals surface area (Å²) in [7, 11) is 1.62. The van der Waals surface area contributed by atoms with Crippen molar-refractivity contribution in [2.75, 3.05) is 13.7 Å². The molecule has 0 fully saturated rings. The SMILES string of the molecule is COCC(NN)c1cnc(C)cn1. The van der Waals surface area contributed by atoms with Gasteiger partial charge in [0.2, 0.25) is 0 Å². The van der Waals surface area contributed by atoms with Crippen molar-refractivity contribution in [3.05, 3.63) is 23.8 Å². The van der Waals surface area contributed by atoms with Crippen LogP contribution in [0, 0.1) is 6.92 Å². The maximum Gasteiger partial charge on any atom is 0.0880 e. The summed E-state index contributed by atoms with van der Waals surface area (Å²) in [6, 6.07) is -0.0990. The number of methoxy groups -OCH3 is 1. The molecule has 0 spiro atoms. The molecule has 1 heterocycles. The summed E-state index contributed by atoms with van der Waals surface area (Å²) in [5, 5.41) is 0. The van der Waals surface area contributed by atoms with E-state index >= 15 is 0 Å². The molecule has 72 valence electrons. The highest BCUT2D eigenvalue weighted by Crippen LogP contribution is 2.07. The van der Waals surface area contributed by atoms with Gasteiger partial charge in [0.25, 0.3) is 0 Å². The minimum absolute atomic E-state index is 0.0990. The van der Waals surface area contributed by atoms with Crippen molar-refractivity contribution in [2.45, 2.75) is 13.0 Å². The second-order valence-corrected chi connectivity index (χ2v) is 2.76.